The number of alkyl halides is 3. The number of carbonyl (C=O) groups excluding carboxylic acids is 1. The number of aromatic nitrogens is 1. The summed E-state index contributed by atoms with van der Waals surface area (Å²) in [5.74, 6) is -1.33. The average Bonchev–Trinajstić information content (AvgIpc) is 3.57. The number of rotatable bonds is 9. The molecule has 10 nitrogen and oxygen atoms in total. The molecule has 13 heteroatoms. The molecule has 1 fully saturated rings. The molecular formula is C29H35F3N4O6. The zero-order chi connectivity index (χ0) is 30.3. The Labute approximate surface area is 241 Å². The van der Waals surface area contributed by atoms with Gasteiger partial charge in [0.15, 0.2) is 0 Å². The number of aliphatic carboxylic acids is 1. The number of carboxylic acids is 1. The van der Waals surface area contributed by atoms with E-state index in [0.29, 0.717) is 13.2 Å². The number of carbonyl (C=O) groups is 2. The molecule has 5 rings (SSSR count). The molecule has 3 heterocycles. The highest BCUT2D eigenvalue weighted by Gasteiger charge is 2.48. The third-order valence-corrected chi connectivity index (χ3v) is 7.65. The zero-order valence-electron chi connectivity index (χ0n) is 23.2. The molecule has 42 heavy (non-hydrogen) atoms. The molecule has 0 radical (unpaired) electrons. The van der Waals surface area contributed by atoms with Crippen LogP contribution in [0.4, 0.5) is 13.2 Å². The van der Waals surface area contributed by atoms with Gasteiger partial charge in [0.05, 0.1) is 12.6 Å². The lowest BCUT2D eigenvalue weighted by molar-refractivity contribution is -0.192. The third kappa shape index (κ3) is 7.15. The Morgan fingerprint density at radius 1 is 1.10 bits per heavy atom. The van der Waals surface area contributed by atoms with Gasteiger partial charge in [-0.05, 0) is 48.7 Å². The molecule has 1 saturated heterocycles. The number of H-pyrrole nitrogens is 1. The average molecular weight is 593 g/mol. The molecule has 1 spiro atoms. The molecule has 0 aliphatic carbocycles. The van der Waals surface area contributed by atoms with Crippen molar-refractivity contribution in [2.24, 2.45) is 0 Å². The van der Waals surface area contributed by atoms with Crippen molar-refractivity contribution < 1.29 is 42.4 Å². The Balaban J connectivity index is 0.000000517. The molecule has 3 aromatic rings. The standard InChI is InChI=1S/C27H34N4O4.C2HF3O2/c1-34-21-7-8-24-23(17-21)22-9-12-31(14-11-28-25(33)18-32)27(26(22)29-24)10-13-30(19-27)15-16-35-20-5-3-2-4-6-20;3-2(4,5)1(6)7/h2-8,17,29,32H,9-16,18-19H2,1H3,(H,28,33);(H,6,7). The van der Waals surface area contributed by atoms with Crippen molar-refractivity contribution in [2.75, 3.05) is 59.6 Å². The van der Waals surface area contributed by atoms with Crippen LogP contribution in [0.2, 0.25) is 0 Å². The number of aliphatic hydroxyl groups is 1. The molecule has 1 unspecified atom stereocenters. The van der Waals surface area contributed by atoms with Crippen LogP contribution >= 0.6 is 0 Å². The molecule has 0 bridgehead atoms. The number of aromatic amines is 1. The Morgan fingerprint density at radius 2 is 1.83 bits per heavy atom. The number of hydrogen-bond acceptors (Lipinski definition) is 7. The number of ether oxygens (including phenoxy) is 2. The van der Waals surface area contributed by atoms with Crippen molar-refractivity contribution >= 4 is 22.8 Å². The first-order valence-electron chi connectivity index (χ1n) is 13.6. The van der Waals surface area contributed by atoms with Gasteiger partial charge in [-0.1, -0.05) is 18.2 Å². The second-order valence-electron chi connectivity index (χ2n) is 10.2. The summed E-state index contributed by atoms with van der Waals surface area (Å²) in [4.78, 5) is 29.3. The Hall–Kier alpha value is -3.81. The summed E-state index contributed by atoms with van der Waals surface area (Å²) < 4.78 is 43.2. The van der Waals surface area contributed by atoms with Gasteiger partial charge in [-0.3, -0.25) is 14.6 Å². The first-order chi connectivity index (χ1) is 20.1. The van der Waals surface area contributed by atoms with E-state index in [1.54, 1.807) is 7.11 Å². The fourth-order valence-electron chi connectivity index (χ4n) is 5.68. The Morgan fingerprint density at radius 3 is 2.50 bits per heavy atom. The van der Waals surface area contributed by atoms with Crippen molar-refractivity contribution in [1.82, 2.24) is 20.1 Å². The highest BCUT2D eigenvalue weighted by molar-refractivity contribution is 5.87. The van der Waals surface area contributed by atoms with Crippen LogP contribution in [-0.4, -0.2) is 103 Å². The van der Waals surface area contributed by atoms with Crippen molar-refractivity contribution in [3.05, 3.63) is 59.8 Å². The van der Waals surface area contributed by atoms with Gasteiger partial charge in [-0.2, -0.15) is 13.2 Å². The number of halogens is 3. The van der Waals surface area contributed by atoms with E-state index >= 15 is 0 Å². The van der Waals surface area contributed by atoms with Gasteiger partial charge in [0, 0.05) is 55.9 Å². The van der Waals surface area contributed by atoms with E-state index in [1.807, 2.05) is 36.4 Å². The van der Waals surface area contributed by atoms with Crippen LogP contribution in [0, 0.1) is 0 Å². The maximum atomic E-state index is 11.6. The largest absolute Gasteiger partial charge is 0.497 e. The van der Waals surface area contributed by atoms with Crippen molar-refractivity contribution in [1.29, 1.82) is 0 Å². The van der Waals surface area contributed by atoms with Crippen LogP contribution in [0.5, 0.6) is 11.5 Å². The lowest BCUT2D eigenvalue weighted by Crippen LogP contribution is -2.54. The minimum Gasteiger partial charge on any atom is -0.497 e. The highest BCUT2D eigenvalue weighted by Crippen LogP contribution is 2.44. The molecule has 1 atom stereocenters. The maximum absolute atomic E-state index is 11.6. The van der Waals surface area contributed by atoms with E-state index in [-0.39, 0.29) is 11.4 Å². The summed E-state index contributed by atoms with van der Waals surface area (Å²) in [6.07, 6.45) is -3.14. The molecule has 228 valence electrons. The molecule has 2 aliphatic heterocycles. The molecule has 2 aromatic carbocycles. The number of nitrogens with one attached hydrogen (secondary N) is 2. The second kappa shape index (κ2) is 13.4. The summed E-state index contributed by atoms with van der Waals surface area (Å²) in [5, 5.41) is 20.3. The molecule has 0 saturated carbocycles. The second-order valence-corrected chi connectivity index (χ2v) is 10.2. The van der Waals surface area contributed by atoms with Crippen LogP contribution in [0.3, 0.4) is 0 Å². The van der Waals surface area contributed by atoms with E-state index in [4.69, 9.17) is 24.5 Å². The van der Waals surface area contributed by atoms with E-state index in [1.165, 1.54) is 16.6 Å². The minimum atomic E-state index is -5.08. The van der Waals surface area contributed by atoms with Crippen molar-refractivity contribution in [2.45, 2.75) is 24.6 Å². The minimum absolute atomic E-state index is 0.156. The van der Waals surface area contributed by atoms with Gasteiger partial charge in [-0.15, -0.1) is 0 Å². The fourth-order valence-corrected chi connectivity index (χ4v) is 5.68. The number of para-hydroxylation sites is 1. The van der Waals surface area contributed by atoms with Crippen LogP contribution in [0.15, 0.2) is 48.5 Å². The summed E-state index contributed by atoms with van der Waals surface area (Å²) in [6.45, 7) is 5.07. The number of fused-ring (bicyclic) bond motifs is 4. The molecule has 4 N–H and O–H groups in total. The summed E-state index contributed by atoms with van der Waals surface area (Å²) in [6, 6.07) is 16.2. The highest BCUT2D eigenvalue weighted by atomic mass is 19.4. The Kier molecular flexibility index (Phi) is 9.97. The molecule has 2 aliphatic rings. The van der Waals surface area contributed by atoms with Crippen LogP contribution < -0.4 is 14.8 Å². The molecular weight excluding hydrogens is 557 g/mol. The SMILES string of the molecule is COc1ccc2[nH]c3c(c2c1)CCN(CCNC(=O)CO)C31CCN(CCOc2ccccc2)C1.O=C(O)C(F)(F)F. The summed E-state index contributed by atoms with van der Waals surface area (Å²) in [7, 11) is 1.70. The first kappa shape index (κ1) is 31.1. The van der Waals surface area contributed by atoms with Crippen LogP contribution in [-0.2, 0) is 21.5 Å². The monoisotopic (exact) mass is 592 g/mol. The predicted octanol–water partition coefficient (Wildman–Crippen LogP) is 2.76. The molecule has 1 aromatic heterocycles. The smallest absolute Gasteiger partial charge is 0.490 e. The number of nitrogens with zero attached hydrogens (tertiary/aromatic N) is 2. The number of amides is 1. The van der Waals surface area contributed by atoms with Gasteiger partial charge < -0.3 is 30.0 Å². The maximum Gasteiger partial charge on any atom is 0.490 e. The lowest BCUT2D eigenvalue weighted by atomic mass is 9.84. The van der Waals surface area contributed by atoms with Crippen LogP contribution in [0.25, 0.3) is 10.9 Å². The fraction of sp³-hybridized carbons (Fsp3) is 0.448. The van der Waals surface area contributed by atoms with Crippen molar-refractivity contribution in [3.63, 3.8) is 0 Å². The van der Waals surface area contributed by atoms with E-state index < -0.39 is 18.8 Å². The number of methoxy groups -OCH3 is 1. The lowest BCUT2D eigenvalue weighted by Gasteiger charge is -2.45. The van der Waals surface area contributed by atoms with Gasteiger partial charge in [-0.25, -0.2) is 4.79 Å². The summed E-state index contributed by atoms with van der Waals surface area (Å²) in [5.41, 5.74) is 3.64. The number of carboxylic acid groups (broad SMARTS) is 1. The normalized spacial score (nSPS) is 18.8. The number of benzene rings is 2. The van der Waals surface area contributed by atoms with Gasteiger partial charge >= 0.3 is 12.1 Å². The first-order valence-corrected chi connectivity index (χ1v) is 13.6. The number of hydrogen-bond donors (Lipinski definition) is 4. The molecule has 1 amide bonds. The van der Waals surface area contributed by atoms with E-state index in [9.17, 15) is 18.0 Å². The Bertz CT molecular complexity index is 1370. The van der Waals surface area contributed by atoms with Gasteiger partial charge in [0.2, 0.25) is 5.91 Å². The van der Waals surface area contributed by atoms with Crippen molar-refractivity contribution in [3.8, 4) is 11.5 Å². The summed E-state index contributed by atoms with van der Waals surface area (Å²) >= 11 is 0. The third-order valence-electron chi connectivity index (χ3n) is 7.65. The van der Waals surface area contributed by atoms with Gasteiger partial charge in [0.25, 0.3) is 0 Å². The van der Waals surface area contributed by atoms with E-state index in [2.05, 4.69) is 32.2 Å². The topological polar surface area (TPSA) is 127 Å². The van der Waals surface area contributed by atoms with Crippen LogP contribution in [0.1, 0.15) is 17.7 Å². The predicted molar refractivity (Wildman–Crippen MR) is 149 cm³/mol. The quantitative estimate of drug-likeness (QED) is 0.299. The number of likely N-dealkylation sites (tertiary alicyclic amines) is 1. The van der Waals surface area contributed by atoms with Gasteiger partial charge in [0.1, 0.15) is 24.7 Å². The zero-order valence-corrected chi connectivity index (χ0v) is 23.2. The van der Waals surface area contributed by atoms with E-state index in [0.717, 1.165) is 62.6 Å². The number of aliphatic hydroxyl groups excluding tert-OH is 1.